The maximum absolute atomic E-state index is 4.65. The highest BCUT2D eigenvalue weighted by Gasteiger charge is 2.35. The van der Waals surface area contributed by atoms with Crippen LogP contribution in [-0.2, 0) is 0 Å². The number of likely N-dealkylation sites (N-methyl/N-ethyl adjacent to an activating group) is 1. The fourth-order valence-electron chi connectivity index (χ4n) is 3.25. The second-order valence-electron chi connectivity index (χ2n) is 5.84. The van der Waals surface area contributed by atoms with Gasteiger partial charge in [-0.1, -0.05) is 0 Å². The van der Waals surface area contributed by atoms with Gasteiger partial charge in [-0.3, -0.25) is 4.90 Å². The number of nitrogens with one attached hydrogen (secondary N) is 1. The minimum absolute atomic E-state index is 0.400. The molecule has 19 heavy (non-hydrogen) atoms. The van der Waals surface area contributed by atoms with Gasteiger partial charge in [-0.05, 0) is 40.3 Å². The molecule has 1 aromatic heterocycles. The highest BCUT2D eigenvalue weighted by atomic mass is 32.1. The SMILES string of the molecule is CNC(C)c1cnc(N2CCC3CCC(C2)N3C)s1. The predicted octanol–water partition coefficient (Wildman–Crippen LogP) is 2.10. The molecule has 3 unspecified atom stereocenters. The standard InChI is InChI=1S/C14H24N4S/c1-10(15-2)13-8-16-14(19-13)18-7-6-11-4-5-12(9-18)17(11)3/h8,10-12,15H,4-7,9H2,1-3H3. The highest BCUT2D eigenvalue weighted by molar-refractivity contribution is 7.15. The zero-order chi connectivity index (χ0) is 13.4. The molecular formula is C14H24N4S. The van der Waals surface area contributed by atoms with E-state index in [4.69, 9.17) is 0 Å². The van der Waals surface area contributed by atoms with Crippen molar-refractivity contribution in [1.82, 2.24) is 15.2 Å². The first-order valence-corrected chi connectivity index (χ1v) is 8.10. The Morgan fingerprint density at radius 2 is 2.16 bits per heavy atom. The summed E-state index contributed by atoms with van der Waals surface area (Å²) in [5, 5.41) is 4.49. The molecule has 2 aliphatic rings. The average molecular weight is 280 g/mol. The van der Waals surface area contributed by atoms with Crippen LogP contribution in [0.5, 0.6) is 0 Å². The van der Waals surface area contributed by atoms with Crippen molar-refractivity contribution in [3.63, 3.8) is 0 Å². The Labute approximate surface area is 119 Å². The lowest BCUT2D eigenvalue weighted by atomic mass is 10.1. The third-order valence-corrected chi connectivity index (χ3v) is 6.03. The Morgan fingerprint density at radius 1 is 1.37 bits per heavy atom. The van der Waals surface area contributed by atoms with Crippen LogP contribution in [0.2, 0.25) is 0 Å². The summed E-state index contributed by atoms with van der Waals surface area (Å²) in [6.07, 6.45) is 6.05. The summed E-state index contributed by atoms with van der Waals surface area (Å²) < 4.78 is 0. The van der Waals surface area contributed by atoms with Crippen LogP contribution in [0.4, 0.5) is 5.13 Å². The quantitative estimate of drug-likeness (QED) is 0.919. The summed E-state index contributed by atoms with van der Waals surface area (Å²) in [5.41, 5.74) is 0. The molecule has 0 aliphatic carbocycles. The van der Waals surface area contributed by atoms with E-state index in [0.717, 1.165) is 25.2 Å². The van der Waals surface area contributed by atoms with E-state index >= 15 is 0 Å². The first-order valence-electron chi connectivity index (χ1n) is 7.29. The number of fused-ring (bicyclic) bond motifs is 2. The summed E-state index contributed by atoms with van der Waals surface area (Å²) >= 11 is 1.84. The van der Waals surface area contributed by atoms with Crippen molar-refractivity contribution in [1.29, 1.82) is 0 Å². The van der Waals surface area contributed by atoms with Crippen LogP contribution in [0.15, 0.2) is 6.20 Å². The van der Waals surface area contributed by atoms with E-state index in [1.54, 1.807) is 0 Å². The van der Waals surface area contributed by atoms with Crippen molar-refractivity contribution in [2.75, 3.05) is 32.1 Å². The van der Waals surface area contributed by atoms with Crippen LogP contribution < -0.4 is 10.2 Å². The summed E-state index contributed by atoms with van der Waals surface area (Å²) in [5.74, 6) is 0. The Balaban J connectivity index is 1.74. The fourth-order valence-corrected chi connectivity index (χ4v) is 4.26. The van der Waals surface area contributed by atoms with Gasteiger partial charge in [0.25, 0.3) is 0 Å². The molecule has 2 fully saturated rings. The number of anilines is 1. The van der Waals surface area contributed by atoms with E-state index in [2.05, 4.69) is 34.1 Å². The van der Waals surface area contributed by atoms with Gasteiger partial charge >= 0.3 is 0 Å². The van der Waals surface area contributed by atoms with Crippen LogP contribution in [0.3, 0.4) is 0 Å². The Hall–Kier alpha value is -0.650. The second-order valence-corrected chi connectivity index (χ2v) is 6.88. The van der Waals surface area contributed by atoms with E-state index < -0.39 is 0 Å². The van der Waals surface area contributed by atoms with E-state index in [-0.39, 0.29) is 0 Å². The molecule has 3 rings (SSSR count). The first-order chi connectivity index (χ1) is 9.19. The molecule has 0 amide bonds. The zero-order valence-corrected chi connectivity index (χ0v) is 12.9. The molecule has 2 aliphatic heterocycles. The van der Waals surface area contributed by atoms with Crippen molar-refractivity contribution in [2.45, 2.75) is 44.3 Å². The normalized spacial score (nSPS) is 29.5. The molecule has 5 heteroatoms. The minimum atomic E-state index is 0.400. The van der Waals surface area contributed by atoms with Gasteiger partial charge in [-0.25, -0.2) is 4.98 Å². The smallest absolute Gasteiger partial charge is 0.185 e. The van der Waals surface area contributed by atoms with Crippen LogP contribution >= 0.6 is 11.3 Å². The van der Waals surface area contributed by atoms with E-state index in [0.29, 0.717) is 6.04 Å². The first kappa shape index (κ1) is 13.3. The lowest BCUT2D eigenvalue weighted by molar-refractivity contribution is 0.254. The van der Waals surface area contributed by atoms with E-state index in [1.807, 2.05) is 24.6 Å². The van der Waals surface area contributed by atoms with Gasteiger partial charge in [0.05, 0.1) is 0 Å². The second kappa shape index (κ2) is 5.38. The molecule has 1 aromatic rings. The van der Waals surface area contributed by atoms with Crippen LogP contribution in [-0.4, -0.2) is 49.2 Å². The molecule has 0 spiro atoms. The molecule has 3 heterocycles. The Bertz CT molecular complexity index is 433. The molecule has 4 nitrogen and oxygen atoms in total. The van der Waals surface area contributed by atoms with Crippen LogP contribution in [0.1, 0.15) is 37.1 Å². The zero-order valence-electron chi connectivity index (χ0n) is 12.1. The summed E-state index contributed by atoms with van der Waals surface area (Å²) in [4.78, 5) is 11.1. The third-order valence-electron chi connectivity index (χ3n) is 4.79. The lowest BCUT2D eigenvalue weighted by Gasteiger charge is -2.25. The molecule has 0 saturated carbocycles. The van der Waals surface area contributed by atoms with E-state index in [1.165, 1.54) is 29.3 Å². The lowest BCUT2D eigenvalue weighted by Crippen LogP contribution is -2.36. The van der Waals surface area contributed by atoms with Gasteiger partial charge < -0.3 is 10.2 Å². The number of rotatable bonds is 3. The van der Waals surface area contributed by atoms with Crippen molar-refractivity contribution < 1.29 is 0 Å². The maximum Gasteiger partial charge on any atom is 0.185 e. The molecule has 2 bridgehead atoms. The molecular weight excluding hydrogens is 256 g/mol. The Kier molecular flexibility index (Phi) is 3.78. The maximum atomic E-state index is 4.65. The predicted molar refractivity (Wildman–Crippen MR) is 81.0 cm³/mol. The molecule has 2 saturated heterocycles. The third kappa shape index (κ3) is 2.51. The molecule has 0 radical (unpaired) electrons. The number of thiazole rings is 1. The number of nitrogens with zero attached hydrogens (tertiary/aromatic N) is 3. The van der Waals surface area contributed by atoms with Crippen molar-refractivity contribution in [3.05, 3.63) is 11.1 Å². The van der Waals surface area contributed by atoms with Crippen LogP contribution in [0.25, 0.3) is 0 Å². The summed E-state index contributed by atoms with van der Waals surface area (Å²) in [7, 11) is 4.30. The van der Waals surface area contributed by atoms with Crippen molar-refractivity contribution in [3.8, 4) is 0 Å². The van der Waals surface area contributed by atoms with E-state index in [9.17, 15) is 0 Å². The van der Waals surface area contributed by atoms with Crippen molar-refractivity contribution in [2.24, 2.45) is 0 Å². The van der Waals surface area contributed by atoms with Gasteiger partial charge in [0, 0.05) is 42.3 Å². The van der Waals surface area contributed by atoms with Gasteiger partial charge in [0.2, 0.25) is 0 Å². The van der Waals surface area contributed by atoms with Gasteiger partial charge in [0.1, 0.15) is 0 Å². The van der Waals surface area contributed by atoms with Crippen LogP contribution in [0, 0.1) is 0 Å². The van der Waals surface area contributed by atoms with Crippen molar-refractivity contribution >= 4 is 16.5 Å². The fraction of sp³-hybridized carbons (Fsp3) is 0.786. The van der Waals surface area contributed by atoms with Gasteiger partial charge in [-0.2, -0.15) is 0 Å². The molecule has 106 valence electrons. The molecule has 3 atom stereocenters. The average Bonchev–Trinajstić information content (AvgIpc) is 2.95. The topological polar surface area (TPSA) is 31.4 Å². The molecule has 0 aromatic carbocycles. The number of hydrogen-bond donors (Lipinski definition) is 1. The molecule has 1 N–H and O–H groups in total. The summed E-state index contributed by atoms with van der Waals surface area (Å²) in [6.45, 7) is 4.50. The van der Waals surface area contributed by atoms with Gasteiger partial charge in [-0.15, -0.1) is 11.3 Å². The largest absolute Gasteiger partial charge is 0.346 e. The van der Waals surface area contributed by atoms with Gasteiger partial charge in [0.15, 0.2) is 5.13 Å². The Morgan fingerprint density at radius 3 is 2.95 bits per heavy atom. The number of hydrogen-bond acceptors (Lipinski definition) is 5. The number of aromatic nitrogens is 1. The monoisotopic (exact) mass is 280 g/mol. The minimum Gasteiger partial charge on any atom is -0.346 e. The highest BCUT2D eigenvalue weighted by Crippen LogP contribution is 2.33. The summed E-state index contributed by atoms with van der Waals surface area (Å²) in [6, 6.07) is 1.92.